The average Bonchev–Trinajstić information content (AvgIpc) is 2.68. The van der Waals surface area contributed by atoms with Crippen molar-refractivity contribution in [3.8, 4) is 11.5 Å². The number of phenolic OH excluding ortho intramolecular Hbond substituents is 1. The molecule has 166 valence electrons. The van der Waals surface area contributed by atoms with Crippen molar-refractivity contribution >= 4 is 11.8 Å². The number of carbonyl (C=O) groups is 2. The Morgan fingerprint density at radius 3 is 2.42 bits per heavy atom. The van der Waals surface area contributed by atoms with Crippen molar-refractivity contribution in [2.24, 2.45) is 5.92 Å². The molecule has 1 saturated heterocycles. The third kappa shape index (κ3) is 4.29. The number of ketones is 1. The first kappa shape index (κ1) is 22.4. The molecule has 0 aliphatic carbocycles. The van der Waals surface area contributed by atoms with Crippen LogP contribution >= 0.6 is 0 Å². The molecule has 0 aromatic heterocycles. The molecule has 3 rings (SSSR count). The fourth-order valence-corrected chi connectivity index (χ4v) is 3.60. The third-order valence-corrected chi connectivity index (χ3v) is 5.07. The minimum Gasteiger partial charge on any atom is -0.504 e. The molecule has 10 heteroatoms. The van der Waals surface area contributed by atoms with Crippen molar-refractivity contribution in [1.29, 1.82) is 0 Å². The zero-order valence-electron chi connectivity index (χ0n) is 16.7. The van der Waals surface area contributed by atoms with Gasteiger partial charge in [0, 0.05) is 5.56 Å². The van der Waals surface area contributed by atoms with Crippen molar-refractivity contribution in [3.05, 3.63) is 59.2 Å². The molecule has 0 spiro atoms. The van der Waals surface area contributed by atoms with Crippen LogP contribution in [0.5, 0.6) is 11.5 Å². The summed E-state index contributed by atoms with van der Waals surface area (Å²) in [4.78, 5) is 24.8. The Hall–Kier alpha value is -3.27. The van der Waals surface area contributed by atoms with Gasteiger partial charge in [0.2, 0.25) is 5.78 Å². The first-order valence-corrected chi connectivity index (χ1v) is 9.42. The Morgan fingerprint density at radius 2 is 1.84 bits per heavy atom. The van der Waals surface area contributed by atoms with E-state index in [0.29, 0.717) is 0 Å². The summed E-state index contributed by atoms with van der Waals surface area (Å²) in [5.41, 5.74) is -1.91. The van der Waals surface area contributed by atoms with Crippen LogP contribution in [0, 0.1) is 12.8 Å². The van der Waals surface area contributed by atoms with Gasteiger partial charge in [0.05, 0.1) is 12.6 Å². The van der Waals surface area contributed by atoms with E-state index in [1.165, 1.54) is 30.3 Å². The predicted octanol–water partition coefficient (Wildman–Crippen LogP) is 3.05. The highest BCUT2D eigenvalue weighted by atomic mass is 19.4. The summed E-state index contributed by atoms with van der Waals surface area (Å²) >= 11 is 0. The van der Waals surface area contributed by atoms with Gasteiger partial charge in [-0.1, -0.05) is 35.9 Å². The molecule has 2 aromatic rings. The maximum absolute atomic E-state index is 13.5. The molecule has 3 atom stereocenters. The summed E-state index contributed by atoms with van der Waals surface area (Å²) in [5, 5.41) is 25.6. The normalized spacial score (nSPS) is 23.6. The van der Waals surface area contributed by atoms with E-state index in [1.54, 1.807) is 26.0 Å². The molecular weight excluding hydrogens is 417 g/mol. The van der Waals surface area contributed by atoms with E-state index in [0.717, 1.165) is 5.56 Å². The molecule has 7 nitrogen and oxygen atoms in total. The van der Waals surface area contributed by atoms with Crippen LogP contribution in [-0.4, -0.2) is 34.8 Å². The number of nitrogens with one attached hydrogen (secondary N) is 2. The minimum absolute atomic E-state index is 0.0372. The second kappa shape index (κ2) is 8.10. The Bertz CT molecular complexity index is 993. The minimum atomic E-state index is -5.29. The Balaban J connectivity index is 2.19. The molecule has 1 aliphatic rings. The maximum atomic E-state index is 13.5. The zero-order valence-corrected chi connectivity index (χ0v) is 16.7. The maximum Gasteiger partial charge on any atom is 0.450 e. The molecule has 1 aliphatic heterocycles. The number of ether oxygens (including phenoxy) is 1. The van der Waals surface area contributed by atoms with E-state index >= 15 is 0 Å². The van der Waals surface area contributed by atoms with E-state index in [4.69, 9.17) is 4.74 Å². The van der Waals surface area contributed by atoms with E-state index in [9.17, 15) is 33.0 Å². The number of Topliss-reactive ketones (excluding diaryl/α,β-unsaturated/α-hetero) is 1. The quantitative estimate of drug-likeness (QED) is 0.574. The number of rotatable bonds is 5. The number of urea groups is 1. The number of carbonyl (C=O) groups excluding carboxylic acids is 2. The van der Waals surface area contributed by atoms with Gasteiger partial charge in [0.1, 0.15) is 5.92 Å². The molecule has 0 radical (unpaired) electrons. The summed E-state index contributed by atoms with van der Waals surface area (Å²) in [6, 6.07) is 6.89. The van der Waals surface area contributed by atoms with Crippen molar-refractivity contribution in [3.63, 3.8) is 0 Å². The standard InChI is InChI=1S/C21H21F3N2O5/c1-3-31-15-10-12(6-9-14(15)27)17-16(18(28)21(22,23)24)20(30,26-19(29)25-17)13-7-4-11(2)5-8-13/h4-10,16-17,27,30H,3H2,1-2H3,(H2,25,26,29). The fraction of sp³-hybridized carbons (Fsp3) is 0.333. The molecule has 2 amide bonds. The number of aryl methyl sites for hydroxylation is 1. The molecule has 3 unspecified atom stereocenters. The lowest BCUT2D eigenvalue weighted by atomic mass is 9.76. The van der Waals surface area contributed by atoms with Crippen LogP contribution < -0.4 is 15.4 Å². The van der Waals surface area contributed by atoms with E-state index < -0.39 is 35.7 Å². The predicted molar refractivity (Wildman–Crippen MR) is 103 cm³/mol. The van der Waals surface area contributed by atoms with Gasteiger partial charge in [0.15, 0.2) is 17.2 Å². The number of hydrogen-bond acceptors (Lipinski definition) is 5. The van der Waals surface area contributed by atoms with Gasteiger partial charge in [-0.15, -0.1) is 0 Å². The van der Waals surface area contributed by atoms with E-state index in [1.807, 2.05) is 0 Å². The summed E-state index contributed by atoms with van der Waals surface area (Å²) in [6.07, 6.45) is -5.29. The second-order valence-corrected chi connectivity index (χ2v) is 7.21. The molecule has 1 heterocycles. The van der Waals surface area contributed by atoms with Crippen LogP contribution in [0.25, 0.3) is 0 Å². The highest BCUT2D eigenvalue weighted by Crippen LogP contribution is 2.44. The van der Waals surface area contributed by atoms with Crippen LogP contribution in [0.1, 0.15) is 29.7 Å². The number of hydrogen-bond donors (Lipinski definition) is 4. The highest BCUT2D eigenvalue weighted by Gasteiger charge is 2.59. The molecule has 1 fully saturated rings. The lowest BCUT2D eigenvalue weighted by Gasteiger charge is -2.45. The van der Waals surface area contributed by atoms with Crippen LogP contribution in [0.2, 0.25) is 0 Å². The van der Waals surface area contributed by atoms with Crippen LogP contribution in [-0.2, 0) is 10.5 Å². The Labute approximate surface area is 175 Å². The highest BCUT2D eigenvalue weighted by molar-refractivity contribution is 5.91. The van der Waals surface area contributed by atoms with Gasteiger partial charge in [-0.25, -0.2) is 4.79 Å². The number of phenols is 1. The second-order valence-electron chi connectivity index (χ2n) is 7.21. The van der Waals surface area contributed by atoms with Crippen LogP contribution in [0.3, 0.4) is 0 Å². The van der Waals surface area contributed by atoms with Crippen LogP contribution in [0.15, 0.2) is 42.5 Å². The summed E-state index contributed by atoms with van der Waals surface area (Å²) in [5.74, 6) is -4.69. The Kier molecular flexibility index (Phi) is 5.86. The third-order valence-electron chi connectivity index (χ3n) is 5.07. The van der Waals surface area contributed by atoms with Gasteiger partial charge in [-0.3, -0.25) is 4.79 Å². The number of halogens is 3. The topological polar surface area (TPSA) is 108 Å². The van der Waals surface area contributed by atoms with Gasteiger partial charge in [-0.2, -0.15) is 13.2 Å². The average molecular weight is 438 g/mol. The molecular formula is C21H21F3N2O5. The van der Waals surface area contributed by atoms with Gasteiger partial charge >= 0.3 is 12.2 Å². The number of aliphatic hydroxyl groups is 1. The number of benzene rings is 2. The van der Waals surface area contributed by atoms with Gasteiger partial charge in [0.25, 0.3) is 0 Å². The summed E-state index contributed by atoms with van der Waals surface area (Å²) < 4.78 is 45.9. The first-order valence-electron chi connectivity index (χ1n) is 9.42. The summed E-state index contributed by atoms with van der Waals surface area (Å²) in [7, 11) is 0. The van der Waals surface area contributed by atoms with Crippen molar-refractivity contribution in [2.75, 3.05) is 6.61 Å². The van der Waals surface area contributed by atoms with Crippen LogP contribution in [0.4, 0.5) is 18.0 Å². The fourth-order valence-electron chi connectivity index (χ4n) is 3.60. The van der Waals surface area contributed by atoms with Gasteiger partial charge in [-0.05, 0) is 31.5 Å². The molecule has 0 bridgehead atoms. The molecule has 2 aromatic carbocycles. The SMILES string of the molecule is CCOc1cc(C2NC(=O)NC(O)(c3ccc(C)cc3)C2C(=O)C(F)(F)F)ccc1O. The monoisotopic (exact) mass is 438 g/mol. The van der Waals surface area contributed by atoms with Crippen molar-refractivity contribution < 1.29 is 37.7 Å². The number of amides is 2. The van der Waals surface area contributed by atoms with E-state index in [2.05, 4.69) is 10.6 Å². The van der Waals surface area contributed by atoms with Gasteiger partial charge < -0.3 is 25.6 Å². The lowest BCUT2D eigenvalue weighted by molar-refractivity contribution is -0.190. The van der Waals surface area contributed by atoms with Crippen molar-refractivity contribution in [2.45, 2.75) is 31.8 Å². The lowest BCUT2D eigenvalue weighted by Crippen LogP contribution is -2.66. The smallest absolute Gasteiger partial charge is 0.450 e. The summed E-state index contributed by atoms with van der Waals surface area (Å²) in [6.45, 7) is 3.54. The molecule has 0 saturated carbocycles. The largest absolute Gasteiger partial charge is 0.504 e. The number of aromatic hydroxyl groups is 1. The van der Waals surface area contributed by atoms with Crippen molar-refractivity contribution in [1.82, 2.24) is 10.6 Å². The number of alkyl halides is 3. The molecule has 31 heavy (non-hydrogen) atoms. The zero-order chi connectivity index (χ0) is 23.0. The Morgan fingerprint density at radius 1 is 1.19 bits per heavy atom. The first-order chi connectivity index (χ1) is 14.5. The molecule has 4 N–H and O–H groups in total. The van der Waals surface area contributed by atoms with E-state index in [-0.39, 0.29) is 29.2 Å².